The van der Waals surface area contributed by atoms with Crippen LogP contribution < -0.4 is 20.3 Å². The zero-order valence-electron chi connectivity index (χ0n) is 17.8. The number of benzene rings is 2. The summed E-state index contributed by atoms with van der Waals surface area (Å²) in [5.74, 6) is 0.870. The lowest BCUT2D eigenvalue weighted by Crippen LogP contribution is -2.38. The number of urea groups is 1. The van der Waals surface area contributed by atoms with Crippen molar-refractivity contribution in [2.45, 2.75) is 31.7 Å². The molecular weight excluding hydrogens is 376 g/mol. The summed E-state index contributed by atoms with van der Waals surface area (Å²) >= 11 is 0. The van der Waals surface area contributed by atoms with E-state index in [9.17, 15) is 4.79 Å². The van der Waals surface area contributed by atoms with E-state index in [2.05, 4.69) is 38.6 Å². The monoisotopic (exact) mass is 408 g/mol. The summed E-state index contributed by atoms with van der Waals surface area (Å²) in [6, 6.07) is 16.1. The van der Waals surface area contributed by atoms with Gasteiger partial charge in [0.15, 0.2) is 0 Å². The summed E-state index contributed by atoms with van der Waals surface area (Å²) in [7, 11) is 1.70. The smallest absolute Gasteiger partial charge is 0.319 e. The summed E-state index contributed by atoms with van der Waals surface area (Å²) in [6.45, 7) is 4.81. The van der Waals surface area contributed by atoms with E-state index in [1.54, 1.807) is 7.11 Å². The number of ether oxygens (including phenoxy) is 1. The van der Waals surface area contributed by atoms with Crippen molar-refractivity contribution in [3.8, 4) is 5.75 Å². The number of likely N-dealkylation sites (tertiary alicyclic amines) is 1. The standard InChI is InChI=1S/C24H32N4O2/c1-30-23-12-3-2-11-21(23)22(28-15-6-7-16-28)18-25-24(29)26-19-9-8-10-20(17-19)27-13-4-5-14-27/h2-3,8-12,17,22H,4-7,13-16,18H2,1H3,(H2,25,26,29)/t22-/m0/s1. The van der Waals surface area contributed by atoms with Crippen LogP contribution in [-0.2, 0) is 0 Å². The van der Waals surface area contributed by atoms with Crippen molar-refractivity contribution in [3.05, 3.63) is 54.1 Å². The maximum Gasteiger partial charge on any atom is 0.319 e. The number of hydrogen-bond donors (Lipinski definition) is 2. The van der Waals surface area contributed by atoms with Gasteiger partial charge < -0.3 is 20.3 Å². The fourth-order valence-electron chi connectivity index (χ4n) is 4.55. The van der Waals surface area contributed by atoms with E-state index < -0.39 is 0 Å². The molecule has 1 atom stereocenters. The molecule has 2 saturated heterocycles. The lowest BCUT2D eigenvalue weighted by atomic mass is 10.0. The quantitative estimate of drug-likeness (QED) is 0.719. The highest BCUT2D eigenvalue weighted by Gasteiger charge is 2.26. The van der Waals surface area contributed by atoms with Crippen LogP contribution in [0, 0.1) is 0 Å². The van der Waals surface area contributed by atoms with Crippen molar-refractivity contribution >= 4 is 17.4 Å². The van der Waals surface area contributed by atoms with Crippen molar-refractivity contribution in [1.82, 2.24) is 10.2 Å². The normalized spacial score (nSPS) is 17.7. The minimum atomic E-state index is -0.173. The molecular formula is C24H32N4O2. The van der Waals surface area contributed by atoms with Gasteiger partial charge in [0, 0.05) is 36.6 Å². The van der Waals surface area contributed by atoms with Crippen molar-refractivity contribution < 1.29 is 9.53 Å². The van der Waals surface area contributed by atoms with Crippen molar-refractivity contribution in [2.24, 2.45) is 0 Å². The number of amides is 2. The van der Waals surface area contributed by atoms with Gasteiger partial charge in [-0.05, 0) is 63.0 Å². The summed E-state index contributed by atoms with van der Waals surface area (Å²) in [5.41, 5.74) is 3.12. The second kappa shape index (κ2) is 9.85. The third-order valence-corrected chi connectivity index (χ3v) is 6.11. The number of nitrogens with one attached hydrogen (secondary N) is 2. The first-order valence-electron chi connectivity index (χ1n) is 11.0. The van der Waals surface area contributed by atoms with E-state index >= 15 is 0 Å². The third kappa shape index (κ3) is 4.87. The molecule has 2 aliphatic heterocycles. The molecule has 0 saturated carbocycles. The van der Waals surface area contributed by atoms with E-state index in [1.165, 1.54) is 31.4 Å². The van der Waals surface area contributed by atoms with Crippen LogP contribution in [-0.4, -0.2) is 50.8 Å². The predicted octanol–water partition coefficient (Wildman–Crippen LogP) is 4.25. The van der Waals surface area contributed by atoms with Crippen LogP contribution >= 0.6 is 0 Å². The minimum absolute atomic E-state index is 0.102. The highest BCUT2D eigenvalue weighted by Crippen LogP contribution is 2.31. The van der Waals surface area contributed by atoms with Gasteiger partial charge in [-0.15, -0.1) is 0 Å². The Morgan fingerprint density at radius 2 is 1.73 bits per heavy atom. The minimum Gasteiger partial charge on any atom is -0.496 e. The largest absolute Gasteiger partial charge is 0.496 e. The number of anilines is 2. The Kier molecular flexibility index (Phi) is 6.74. The Balaban J connectivity index is 1.41. The topological polar surface area (TPSA) is 56.8 Å². The highest BCUT2D eigenvalue weighted by atomic mass is 16.5. The number of nitrogens with zero attached hydrogens (tertiary/aromatic N) is 2. The van der Waals surface area contributed by atoms with Crippen LogP contribution in [0.15, 0.2) is 48.5 Å². The van der Waals surface area contributed by atoms with Crippen molar-refractivity contribution in [3.63, 3.8) is 0 Å². The first-order chi connectivity index (χ1) is 14.7. The molecule has 2 aromatic rings. The van der Waals surface area contributed by atoms with Gasteiger partial charge in [-0.2, -0.15) is 0 Å². The number of hydrogen-bond acceptors (Lipinski definition) is 4. The Bertz CT molecular complexity index is 845. The van der Waals surface area contributed by atoms with Gasteiger partial charge in [0.1, 0.15) is 5.75 Å². The average molecular weight is 409 g/mol. The molecule has 2 heterocycles. The maximum atomic E-state index is 12.7. The fourth-order valence-corrected chi connectivity index (χ4v) is 4.55. The Labute approximate surface area is 179 Å². The molecule has 30 heavy (non-hydrogen) atoms. The Morgan fingerprint density at radius 3 is 2.50 bits per heavy atom. The van der Waals surface area contributed by atoms with E-state index in [0.29, 0.717) is 6.54 Å². The maximum absolute atomic E-state index is 12.7. The van der Waals surface area contributed by atoms with Crippen LogP contribution in [0.5, 0.6) is 5.75 Å². The molecule has 2 aromatic carbocycles. The van der Waals surface area contributed by atoms with Gasteiger partial charge in [-0.25, -0.2) is 4.79 Å². The summed E-state index contributed by atoms with van der Waals surface area (Å²) in [6.07, 6.45) is 4.86. The van der Waals surface area contributed by atoms with Crippen LogP contribution in [0.3, 0.4) is 0 Å². The number of methoxy groups -OCH3 is 1. The zero-order chi connectivity index (χ0) is 20.8. The van der Waals surface area contributed by atoms with E-state index in [4.69, 9.17) is 4.74 Å². The second-order valence-corrected chi connectivity index (χ2v) is 8.08. The van der Waals surface area contributed by atoms with Crippen LogP contribution in [0.2, 0.25) is 0 Å². The summed E-state index contributed by atoms with van der Waals surface area (Å²) in [4.78, 5) is 17.5. The summed E-state index contributed by atoms with van der Waals surface area (Å²) in [5, 5.41) is 6.09. The van der Waals surface area contributed by atoms with E-state index in [0.717, 1.165) is 43.2 Å². The van der Waals surface area contributed by atoms with E-state index in [-0.39, 0.29) is 12.1 Å². The molecule has 2 amide bonds. The average Bonchev–Trinajstić information content (AvgIpc) is 3.49. The molecule has 0 spiro atoms. The molecule has 0 aliphatic carbocycles. The molecule has 0 bridgehead atoms. The van der Waals surface area contributed by atoms with Crippen LogP contribution in [0.1, 0.15) is 37.3 Å². The van der Waals surface area contributed by atoms with Gasteiger partial charge in [-0.1, -0.05) is 24.3 Å². The molecule has 6 nitrogen and oxygen atoms in total. The molecule has 2 N–H and O–H groups in total. The molecule has 4 rings (SSSR count). The molecule has 2 aliphatic rings. The number of rotatable bonds is 7. The Hall–Kier alpha value is -2.73. The van der Waals surface area contributed by atoms with Gasteiger partial charge in [0.25, 0.3) is 0 Å². The molecule has 160 valence electrons. The second-order valence-electron chi connectivity index (χ2n) is 8.08. The first kappa shape index (κ1) is 20.5. The van der Waals surface area contributed by atoms with Gasteiger partial charge in [0.2, 0.25) is 0 Å². The highest BCUT2D eigenvalue weighted by molar-refractivity contribution is 5.89. The molecule has 0 radical (unpaired) electrons. The fraction of sp³-hybridized carbons (Fsp3) is 0.458. The molecule has 0 unspecified atom stereocenters. The van der Waals surface area contributed by atoms with Gasteiger partial charge in [0.05, 0.1) is 13.2 Å². The molecule has 0 aromatic heterocycles. The lowest BCUT2D eigenvalue weighted by Gasteiger charge is -2.29. The molecule has 2 fully saturated rings. The predicted molar refractivity (Wildman–Crippen MR) is 121 cm³/mol. The SMILES string of the molecule is COc1ccccc1[C@H](CNC(=O)Nc1cccc(N2CCCC2)c1)N1CCCC1. The lowest BCUT2D eigenvalue weighted by molar-refractivity contribution is 0.224. The summed E-state index contributed by atoms with van der Waals surface area (Å²) < 4.78 is 5.59. The number of carbonyl (C=O) groups is 1. The van der Waals surface area contributed by atoms with Gasteiger partial charge >= 0.3 is 6.03 Å². The van der Waals surface area contributed by atoms with Crippen LogP contribution in [0.25, 0.3) is 0 Å². The van der Waals surface area contributed by atoms with Crippen LogP contribution in [0.4, 0.5) is 16.2 Å². The van der Waals surface area contributed by atoms with Gasteiger partial charge in [-0.3, -0.25) is 4.90 Å². The number of para-hydroxylation sites is 1. The zero-order valence-corrected chi connectivity index (χ0v) is 17.8. The number of carbonyl (C=O) groups excluding carboxylic acids is 1. The van der Waals surface area contributed by atoms with Crippen molar-refractivity contribution in [1.29, 1.82) is 0 Å². The third-order valence-electron chi connectivity index (χ3n) is 6.11. The van der Waals surface area contributed by atoms with Crippen molar-refractivity contribution in [2.75, 3.05) is 50.1 Å². The van der Waals surface area contributed by atoms with E-state index in [1.807, 2.05) is 30.3 Å². The Morgan fingerprint density at radius 1 is 1.00 bits per heavy atom. The first-order valence-corrected chi connectivity index (χ1v) is 11.0. The molecule has 6 heteroatoms.